The minimum absolute atomic E-state index is 0.0841. The first kappa shape index (κ1) is 12.3. The van der Waals surface area contributed by atoms with E-state index in [1.54, 1.807) is 0 Å². The third-order valence-electron chi connectivity index (χ3n) is 2.51. The van der Waals surface area contributed by atoms with Crippen LogP contribution in [-0.4, -0.2) is 21.1 Å². The second-order valence-electron chi connectivity index (χ2n) is 4.11. The second-order valence-corrected chi connectivity index (χ2v) is 4.11. The number of nitrogens with two attached hydrogens (primary N) is 1. The van der Waals surface area contributed by atoms with E-state index in [1.165, 1.54) is 5.56 Å². The van der Waals surface area contributed by atoms with Gasteiger partial charge in [0.1, 0.15) is 5.82 Å². The number of nitrogens with one attached hydrogen (secondary N) is 2. The minimum Gasteiger partial charge on any atom is -0.294 e. The number of H-pyrrole nitrogens is 1. The van der Waals surface area contributed by atoms with Crippen LogP contribution in [0.25, 0.3) is 0 Å². The number of amides is 1. The molecule has 1 heterocycles. The van der Waals surface area contributed by atoms with Gasteiger partial charge in [0.2, 0.25) is 5.91 Å². The van der Waals surface area contributed by atoms with Crippen molar-refractivity contribution in [3.05, 3.63) is 47.0 Å². The number of rotatable bonds is 4. The largest absolute Gasteiger partial charge is 0.294 e. The zero-order chi connectivity index (χ0) is 13.0. The van der Waals surface area contributed by atoms with E-state index in [9.17, 15) is 4.79 Å². The lowest BCUT2D eigenvalue weighted by Crippen LogP contribution is -2.31. The number of hydrazine groups is 1. The molecule has 1 amide bonds. The Morgan fingerprint density at radius 3 is 3.06 bits per heavy atom. The Morgan fingerprint density at radius 1 is 1.50 bits per heavy atom. The van der Waals surface area contributed by atoms with Crippen molar-refractivity contribution in [3.8, 4) is 0 Å². The van der Waals surface area contributed by atoms with Gasteiger partial charge < -0.3 is 0 Å². The van der Waals surface area contributed by atoms with Gasteiger partial charge in [-0.1, -0.05) is 29.8 Å². The van der Waals surface area contributed by atoms with E-state index in [-0.39, 0.29) is 12.3 Å². The molecule has 0 saturated carbocycles. The molecule has 6 nitrogen and oxygen atoms in total. The number of aromatic nitrogens is 3. The molecule has 0 bridgehead atoms. The van der Waals surface area contributed by atoms with Gasteiger partial charge in [-0.3, -0.25) is 15.3 Å². The predicted octanol–water partition coefficient (Wildman–Crippen LogP) is 0.236. The summed E-state index contributed by atoms with van der Waals surface area (Å²) >= 11 is 0. The molecule has 2 aromatic rings. The fourth-order valence-electron chi connectivity index (χ4n) is 1.70. The summed E-state index contributed by atoms with van der Waals surface area (Å²) in [6, 6.07) is 8.17. The molecule has 0 aliphatic carbocycles. The van der Waals surface area contributed by atoms with Gasteiger partial charge in [-0.2, -0.15) is 5.10 Å². The highest BCUT2D eigenvalue weighted by Crippen LogP contribution is 2.08. The normalized spacial score (nSPS) is 10.3. The zero-order valence-electron chi connectivity index (χ0n) is 10.1. The lowest BCUT2D eigenvalue weighted by atomic mass is 10.1. The van der Waals surface area contributed by atoms with Gasteiger partial charge in [-0.15, -0.1) is 0 Å². The van der Waals surface area contributed by atoms with Crippen LogP contribution in [0.3, 0.4) is 0 Å². The maximum Gasteiger partial charge on any atom is 0.241 e. The van der Waals surface area contributed by atoms with Crippen molar-refractivity contribution in [1.82, 2.24) is 20.6 Å². The summed E-state index contributed by atoms with van der Waals surface area (Å²) in [6.07, 6.45) is 0.750. The molecule has 2 rings (SSSR count). The minimum atomic E-state index is -0.309. The highest BCUT2D eigenvalue weighted by Gasteiger charge is 2.08. The Hall–Kier alpha value is -2.21. The maximum atomic E-state index is 11.1. The number of nitrogens with zero attached hydrogens (tertiary/aromatic N) is 2. The molecular weight excluding hydrogens is 230 g/mol. The number of hydrogen-bond acceptors (Lipinski definition) is 4. The zero-order valence-corrected chi connectivity index (χ0v) is 10.1. The molecule has 0 aliphatic rings. The summed E-state index contributed by atoms with van der Waals surface area (Å²) < 4.78 is 0. The Labute approximate surface area is 105 Å². The van der Waals surface area contributed by atoms with Crippen molar-refractivity contribution in [2.45, 2.75) is 19.8 Å². The molecule has 0 aliphatic heterocycles. The Balaban J connectivity index is 2.04. The summed E-state index contributed by atoms with van der Waals surface area (Å²) in [5.74, 6) is 5.87. The smallest absolute Gasteiger partial charge is 0.241 e. The topological polar surface area (TPSA) is 96.7 Å². The van der Waals surface area contributed by atoms with E-state index < -0.39 is 0 Å². The van der Waals surface area contributed by atoms with Gasteiger partial charge in [0, 0.05) is 6.42 Å². The second kappa shape index (κ2) is 5.42. The third-order valence-corrected chi connectivity index (χ3v) is 2.51. The molecule has 1 aromatic carbocycles. The van der Waals surface area contributed by atoms with Crippen molar-refractivity contribution in [3.63, 3.8) is 0 Å². The summed E-state index contributed by atoms with van der Waals surface area (Å²) in [5, 5.41) is 6.79. The van der Waals surface area contributed by atoms with Crippen LogP contribution >= 0.6 is 0 Å². The summed E-state index contributed by atoms with van der Waals surface area (Å²) in [6.45, 7) is 2.04. The quantitative estimate of drug-likeness (QED) is 0.408. The number of carbonyl (C=O) groups is 1. The summed E-state index contributed by atoms with van der Waals surface area (Å²) in [7, 11) is 0. The summed E-state index contributed by atoms with van der Waals surface area (Å²) in [4.78, 5) is 15.3. The number of carbonyl (C=O) groups excluding carboxylic acids is 1. The van der Waals surface area contributed by atoms with Crippen molar-refractivity contribution >= 4 is 5.91 Å². The Bertz CT molecular complexity index is 549. The van der Waals surface area contributed by atoms with Crippen LogP contribution in [0.15, 0.2) is 24.3 Å². The van der Waals surface area contributed by atoms with E-state index in [4.69, 9.17) is 5.84 Å². The van der Waals surface area contributed by atoms with Crippen molar-refractivity contribution in [1.29, 1.82) is 0 Å². The van der Waals surface area contributed by atoms with Crippen LogP contribution in [0.5, 0.6) is 0 Å². The van der Waals surface area contributed by atoms with E-state index in [1.807, 2.05) is 30.5 Å². The van der Waals surface area contributed by atoms with E-state index in [0.717, 1.165) is 11.4 Å². The van der Waals surface area contributed by atoms with E-state index in [0.29, 0.717) is 12.2 Å². The molecule has 0 unspecified atom stereocenters. The number of hydrogen-bond donors (Lipinski definition) is 3. The first-order chi connectivity index (χ1) is 8.67. The summed E-state index contributed by atoms with van der Waals surface area (Å²) in [5.41, 5.74) is 4.40. The van der Waals surface area contributed by atoms with Crippen molar-refractivity contribution in [2.75, 3.05) is 0 Å². The molecule has 1 aromatic heterocycles. The average Bonchev–Trinajstić information content (AvgIpc) is 2.76. The highest BCUT2D eigenvalue weighted by molar-refractivity contribution is 5.76. The molecule has 4 N–H and O–H groups in total. The molecule has 0 fully saturated rings. The van der Waals surface area contributed by atoms with Crippen molar-refractivity contribution < 1.29 is 4.79 Å². The van der Waals surface area contributed by atoms with Crippen molar-refractivity contribution in [2.24, 2.45) is 5.84 Å². The Kier molecular flexibility index (Phi) is 3.69. The standard InChI is InChI=1S/C12H15N5O/c1-8-3-2-4-9(5-8)6-10-14-11(17-16-10)7-12(18)15-13/h2-5H,6-7,13H2,1H3,(H,15,18)(H,14,16,17). The van der Waals surface area contributed by atoms with Gasteiger partial charge in [0.25, 0.3) is 0 Å². The van der Waals surface area contributed by atoms with Gasteiger partial charge >= 0.3 is 0 Å². The third kappa shape index (κ3) is 3.14. The van der Waals surface area contributed by atoms with E-state index >= 15 is 0 Å². The highest BCUT2D eigenvalue weighted by atomic mass is 16.2. The lowest BCUT2D eigenvalue weighted by molar-refractivity contribution is -0.120. The molecule has 0 radical (unpaired) electrons. The van der Waals surface area contributed by atoms with Crippen LogP contribution in [-0.2, 0) is 17.6 Å². The Morgan fingerprint density at radius 2 is 2.33 bits per heavy atom. The fraction of sp³-hybridized carbons (Fsp3) is 0.250. The van der Waals surface area contributed by atoms with Gasteiger partial charge in [0.05, 0.1) is 6.42 Å². The molecule has 18 heavy (non-hydrogen) atoms. The van der Waals surface area contributed by atoms with E-state index in [2.05, 4.69) is 21.2 Å². The SMILES string of the molecule is Cc1cccc(Cc2nc(CC(=O)NN)n[nH]2)c1. The molecule has 6 heteroatoms. The molecule has 94 valence electrons. The van der Waals surface area contributed by atoms with Gasteiger partial charge in [-0.25, -0.2) is 10.8 Å². The number of aromatic amines is 1. The van der Waals surface area contributed by atoms with Crippen LogP contribution in [0, 0.1) is 6.92 Å². The van der Waals surface area contributed by atoms with Crippen LogP contribution in [0.4, 0.5) is 0 Å². The van der Waals surface area contributed by atoms with Gasteiger partial charge in [-0.05, 0) is 12.5 Å². The lowest BCUT2D eigenvalue weighted by Gasteiger charge is -1.99. The van der Waals surface area contributed by atoms with Crippen LogP contribution < -0.4 is 11.3 Å². The maximum absolute atomic E-state index is 11.1. The van der Waals surface area contributed by atoms with Gasteiger partial charge in [0.15, 0.2) is 5.82 Å². The number of benzene rings is 1. The molecule has 0 atom stereocenters. The first-order valence-electron chi connectivity index (χ1n) is 5.62. The molecule has 0 spiro atoms. The predicted molar refractivity (Wildman–Crippen MR) is 66.4 cm³/mol. The number of aryl methyl sites for hydroxylation is 1. The molecule has 0 saturated heterocycles. The average molecular weight is 245 g/mol. The molecular formula is C12H15N5O. The fourth-order valence-corrected chi connectivity index (χ4v) is 1.70. The monoisotopic (exact) mass is 245 g/mol. The van der Waals surface area contributed by atoms with Crippen LogP contribution in [0.1, 0.15) is 22.8 Å². The first-order valence-corrected chi connectivity index (χ1v) is 5.62. The van der Waals surface area contributed by atoms with Crippen LogP contribution in [0.2, 0.25) is 0 Å².